The fourth-order valence-corrected chi connectivity index (χ4v) is 2.11. The van der Waals surface area contributed by atoms with Gasteiger partial charge >= 0.3 is 5.97 Å². The minimum atomic E-state index is -0.0686. The molecule has 2 heteroatoms. The number of hydrogen-bond donors (Lipinski definition) is 0. The molecule has 1 saturated carbocycles. The van der Waals surface area contributed by atoms with Gasteiger partial charge in [-0.2, -0.15) is 0 Å². The van der Waals surface area contributed by atoms with Gasteiger partial charge in [0.15, 0.2) is 0 Å². The molecule has 1 aromatic carbocycles. The van der Waals surface area contributed by atoms with Gasteiger partial charge in [0, 0.05) is 0 Å². The summed E-state index contributed by atoms with van der Waals surface area (Å²) in [6.45, 7) is 4.18. The van der Waals surface area contributed by atoms with Gasteiger partial charge in [0.2, 0.25) is 0 Å². The van der Waals surface area contributed by atoms with Crippen molar-refractivity contribution >= 4 is 5.97 Å². The van der Waals surface area contributed by atoms with E-state index >= 15 is 0 Å². The Kier molecular flexibility index (Phi) is 2.51. The Morgan fingerprint density at radius 1 is 1.40 bits per heavy atom. The summed E-state index contributed by atoms with van der Waals surface area (Å²) in [6.07, 6.45) is 0.941. The fourth-order valence-electron chi connectivity index (χ4n) is 2.11. The largest absolute Gasteiger partial charge is 0.469 e. The minimum absolute atomic E-state index is 0.0686. The number of methoxy groups -OCH3 is 1. The maximum absolute atomic E-state index is 11.3. The van der Waals surface area contributed by atoms with E-state index in [-0.39, 0.29) is 11.9 Å². The first-order chi connectivity index (χ1) is 7.13. The molecule has 2 rings (SSSR count). The summed E-state index contributed by atoms with van der Waals surface area (Å²) in [4.78, 5) is 11.3. The summed E-state index contributed by atoms with van der Waals surface area (Å²) in [6, 6.07) is 6.41. The average molecular weight is 204 g/mol. The van der Waals surface area contributed by atoms with Crippen LogP contribution in [0.25, 0.3) is 0 Å². The molecule has 0 aromatic heterocycles. The van der Waals surface area contributed by atoms with Gasteiger partial charge in [0.1, 0.15) is 0 Å². The quantitative estimate of drug-likeness (QED) is 0.692. The molecular formula is C13H16O2. The molecule has 1 aromatic rings. The standard InChI is InChI=1S/C13H16O2/c1-8-4-5-9(2)10(6-8)11-7-12(11)13(14)15-3/h4-6,11-12H,7H2,1-3H3/t11-,12+/m1/s1. The normalized spacial score (nSPS) is 23.7. The van der Waals surface area contributed by atoms with E-state index in [0.717, 1.165) is 6.42 Å². The van der Waals surface area contributed by atoms with E-state index in [1.807, 2.05) is 0 Å². The molecule has 0 bridgehead atoms. The molecule has 0 amide bonds. The van der Waals surface area contributed by atoms with Crippen molar-refractivity contribution in [3.05, 3.63) is 34.9 Å². The number of benzene rings is 1. The number of ether oxygens (including phenoxy) is 1. The maximum Gasteiger partial charge on any atom is 0.309 e. The highest BCUT2D eigenvalue weighted by Crippen LogP contribution is 2.49. The van der Waals surface area contributed by atoms with Crippen LogP contribution in [0.15, 0.2) is 18.2 Å². The van der Waals surface area contributed by atoms with Crippen LogP contribution in [-0.4, -0.2) is 13.1 Å². The molecule has 2 nitrogen and oxygen atoms in total. The van der Waals surface area contributed by atoms with E-state index in [1.165, 1.54) is 23.8 Å². The van der Waals surface area contributed by atoms with Crippen LogP contribution < -0.4 is 0 Å². The average Bonchev–Trinajstić information content (AvgIpc) is 3.00. The zero-order valence-electron chi connectivity index (χ0n) is 9.41. The van der Waals surface area contributed by atoms with Gasteiger partial charge in [-0.05, 0) is 37.3 Å². The summed E-state index contributed by atoms with van der Waals surface area (Å²) in [5.74, 6) is 0.411. The first-order valence-electron chi connectivity index (χ1n) is 5.28. The summed E-state index contributed by atoms with van der Waals surface area (Å²) < 4.78 is 4.76. The lowest BCUT2D eigenvalue weighted by Gasteiger charge is -2.05. The molecule has 80 valence electrons. The van der Waals surface area contributed by atoms with Gasteiger partial charge < -0.3 is 4.74 Å². The Balaban J connectivity index is 2.19. The topological polar surface area (TPSA) is 26.3 Å². The fraction of sp³-hybridized carbons (Fsp3) is 0.462. The van der Waals surface area contributed by atoms with Crippen molar-refractivity contribution in [3.8, 4) is 0 Å². The van der Waals surface area contributed by atoms with Crippen molar-refractivity contribution in [1.29, 1.82) is 0 Å². The second-order valence-electron chi connectivity index (χ2n) is 4.33. The van der Waals surface area contributed by atoms with Gasteiger partial charge in [0.05, 0.1) is 13.0 Å². The molecule has 0 radical (unpaired) electrons. The molecule has 1 aliphatic rings. The lowest BCUT2D eigenvalue weighted by atomic mass is 10.0. The molecule has 0 N–H and O–H groups in total. The molecule has 0 aliphatic heterocycles. The van der Waals surface area contributed by atoms with Crippen LogP contribution in [0.4, 0.5) is 0 Å². The van der Waals surface area contributed by atoms with Crippen molar-refractivity contribution in [2.24, 2.45) is 5.92 Å². The summed E-state index contributed by atoms with van der Waals surface area (Å²) in [5, 5.41) is 0. The predicted octanol–water partition coefficient (Wildman–Crippen LogP) is 2.58. The SMILES string of the molecule is COC(=O)[C@H]1C[C@@H]1c1cc(C)ccc1C. The van der Waals surface area contributed by atoms with Crippen molar-refractivity contribution in [2.45, 2.75) is 26.2 Å². The van der Waals surface area contributed by atoms with Gasteiger partial charge in [-0.1, -0.05) is 23.8 Å². The third kappa shape index (κ3) is 1.89. The van der Waals surface area contributed by atoms with E-state index in [4.69, 9.17) is 4.74 Å². The molecule has 0 heterocycles. The molecule has 0 saturated heterocycles. The highest BCUT2D eigenvalue weighted by molar-refractivity contribution is 5.77. The number of carbonyl (C=O) groups excluding carboxylic acids is 1. The molecular weight excluding hydrogens is 188 g/mol. The number of carbonyl (C=O) groups is 1. The Labute approximate surface area is 90.3 Å². The Bertz CT molecular complexity index is 396. The van der Waals surface area contributed by atoms with Crippen LogP contribution in [0.5, 0.6) is 0 Å². The number of rotatable bonds is 2. The van der Waals surface area contributed by atoms with Gasteiger partial charge in [-0.25, -0.2) is 0 Å². The van der Waals surface area contributed by atoms with E-state index in [9.17, 15) is 4.79 Å². The summed E-state index contributed by atoms with van der Waals surface area (Å²) in [7, 11) is 1.46. The third-order valence-electron chi connectivity index (χ3n) is 3.13. The second-order valence-corrected chi connectivity index (χ2v) is 4.33. The molecule has 0 spiro atoms. The van der Waals surface area contributed by atoms with Crippen molar-refractivity contribution in [3.63, 3.8) is 0 Å². The van der Waals surface area contributed by atoms with Gasteiger partial charge in [-0.15, -0.1) is 0 Å². The minimum Gasteiger partial charge on any atom is -0.469 e. The number of aryl methyl sites for hydroxylation is 2. The van der Waals surface area contributed by atoms with Crippen LogP contribution in [0.3, 0.4) is 0 Å². The maximum atomic E-state index is 11.3. The highest BCUT2D eigenvalue weighted by Gasteiger charge is 2.45. The van der Waals surface area contributed by atoms with Crippen molar-refractivity contribution in [1.82, 2.24) is 0 Å². The summed E-state index contributed by atoms with van der Waals surface area (Å²) >= 11 is 0. The van der Waals surface area contributed by atoms with Gasteiger partial charge in [0.25, 0.3) is 0 Å². The summed E-state index contributed by atoms with van der Waals surface area (Å²) in [5.41, 5.74) is 3.84. The van der Waals surface area contributed by atoms with Crippen molar-refractivity contribution in [2.75, 3.05) is 7.11 Å². The first kappa shape index (κ1) is 10.2. The molecule has 2 atom stereocenters. The smallest absolute Gasteiger partial charge is 0.309 e. The van der Waals surface area contributed by atoms with E-state index in [2.05, 4.69) is 32.0 Å². The molecule has 1 aliphatic carbocycles. The van der Waals surface area contributed by atoms with Gasteiger partial charge in [-0.3, -0.25) is 4.79 Å². The molecule has 15 heavy (non-hydrogen) atoms. The predicted molar refractivity (Wildman–Crippen MR) is 58.8 cm³/mol. The van der Waals surface area contributed by atoms with Crippen LogP contribution in [-0.2, 0) is 9.53 Å². The third-order valence-corrected chi connectivity index (χ3v) is 3.13. The Hall–Kier alpha value is -1.31. The van der Waals surface area contributed by atoms with Crippen molar-refractivity contribution < 1.29 is 9.53 Å². The van der Waals surface area contributed by atoms with E-state index < -0.39 is 0 Å². The number of esters is 1. The lowest BCUT2D eigenvalue weighted by Crippen LogP contribution is -2.04. The Morgan fingerprint density at radius 2 is 2.13 bits per heavy atom. The van der Waals surface area contributed by atoms with Crippen LogP contribution >= 0.6 is 0 Å². The second kappa shape index (κ2) is 3.69. The first-order valence-corrected chi connectivity index (χ1v) is 5.28. The van der Waals surface area contributed by atoms with Crippen LogP contribution in [0, 0.1) is 19.8 Å². The zero-order valence-corrected chi connectivity index (χ0v) is 9.41. The van der Waals surface area contributed by atoms with E-state index in [0.29, 0.717) is 5.92 Å². The highest BCUT2D eigenvalue weighted by atomic mass is 16.5. The van der Waals surface area contributed by atoms with Crippen LogP contribution in [0.1, 0.15) is 29.0 Å². The molecule has 1 fully saturated rings. The molecule has 0 unspecified atom stereocenters. The van der Waals surface area contributed by atoms with E-state index in [1.54, 1.807) is 0 Å². The monoisotopic (exact) mass is 204 g/mol. The zero-order chi connectivity index (χ0) is 11.0. The van der Waals surface area contributed by atoms with Crippen LogP contribution in [0.2, 0.25) is 0 Å². The lowest BCUT2D eigenvalue weighted by molar-refractivity contribution is -0.142. The number of hydrogen-bond acceptors (Lipinski definition) is 2. The Morgan fingerprint density at radius 3 is 2.80 bits per heavy atom.